The number of aromatic nitrogens is 2. The SMILES string of the molecule is CN(C)C(=O)c1nn(Cc2ccccc2)c2c1CC(NCC1CCCCC1)CC2. The molecule has 1 unspecified atom stereocenters. The normalized spacial score (nSPS) is 19.7. The van der Waals surface area contributed by atoms with E-state index in [0.717, 1.165) is 43.8 Å². The maximum absolute atomic E-state index is 12.8. The van der Waals surface area contributed by atoms with Crippen LogP contribution in [0.25, 0.3) is 0 Å². The fourth-order valence-corrected chi connectivity index (χ4v) is 4.86. The van der Waals surface area contributed by atoms with E-state index in [9.17, 15) is 4.79 Å². The second-order valence-electron chi connectivity index (χ2n) is 8.97. The maximum Gasteiger partial charge on any atom is 0.274 e. The lowest BCUT2D eigenvalue weighted by Crippen LogP contribution is -2.38. The van der Waals surface area contributed by atoms with Crippen molar-refractivity contribution in [1.29, 1.82) is 0 Å². The number of carbonyl (C=O) groups is 1. The van der Waals surface area contributed by atoms with E-state index in [4.69, 9.17) is 5.10 Å². The van der Waals surface area contributed by atoms with Crippen molar-refractivity contribution in [3.05, 3.63) is 52.8 Å². The van der Waals surface area contributed by atoms with E-state index in [2.05, 4.69) is 34.3 Å². The first-order valence-corrected chi connectivity index (χ1v) is 11.2. The molecule has 5 heteroatoms. The molecule has 1 aromatic carbocycles. The molecule has 1 N–H and O–H groups in total. The van der Waals surface area contributed by atoms with Crippen LogP contribution in [0.5, 0.6) is 0 Å². The smallest absolute Gasteiger partial charge is 0.274 e. The Morgan fingerprint density at radius 1 is 1.14 bits per heavy atom. The van der Waals surface area contributed by atoms with Gasteiger partial charge in [-0.15, -0.1) is 0 Å². The van der Waals surface area contributed by atoms with Crippen molar-refractivity contribution in [2.45, 2.75) is 64.0 Å². The zero-order valence-electron chi connectivity index (χ0n) is 17.9. The van der Waals surface area contributed by atoms with Crippen molar-refractivity contribution < 1.29 is 4.79 Å². The minimum absolute atomic E-state index is 0.0148. The number of rotatable bonds is 6. The van der Waals surface area contributed by atoms with Crippen LogP contribution in [-0.2, 0) is 19.4 Å². The Balaban J connectivity index is 1.52. The second kappa shape index (κ2) is 9.12. The number of hydrogen-bond acceptors (Lipinski definition) is 3. The topological polar surface area (TPSA) is 50.2 Å². The van der Waals surface area contributed by atoms with Gasteiger partial charge in [0.05, 0.1) is 6.54 Å². The summed E-state index contributed by atoms with van der Waals surface area (Å²) in [4.78, 5) is 14.5. The van der Waals surface area contributed by atoms with E-state index < -0.39 is 0 Å². The monoisotopic (exact) mass is 394 g/mol. The number of nitrogens with zero attached hydrogens (tertiary/aromatic N) is 3. The number of amides is 1. The summed E-state index contributed by atoms with van der Waals surface area (Å²) in [7, 11) is 3.62. The van der Waals surface area contributed by atoms with E-state index in [0.29, 0.717) is 11.7 Å². The lowest BCUT2D eigenvalue weighted by molar-refractivity contribution is 0.0820. The van der Waals surface area contributed by atoms with Crippen LogP contribution < -0.4 is 5.32 Å². The average molecular weight is 395 g/mol. The number of hydrogen-bond donors (Lipinski definition) is 1. The van der Waals surface area contributed by atoms with Gasteiger partial charge in [-0.3, -0.25) is 9.48 Å². The maximum atomic E-state index is 12.8. The quantitative estimate of drug-likeness (QED) is 0.813. The minimum atomic E-state index is 0.0148. The standard InChI is InChI=1S/C24H34N4O/c1-27(2)24(29)23-21-15-20(25-16-18-9-5-3-6-10-18)13-14-22(21)28(26-23)17-19-11-7-4-8-12-19/h4,7-8,11-12,18,20,25H,3,5-6,9-10,13-17H2,1-2H3. The lowest BCUT2D eigenvalue weighted by Gasteiger charge is -2.28. The Labute approximate surface area is 174 Å². The highest BCUT2D eigenvalue weighted by molar-refractivity contribution is 5.93. The third-order valence-corrected chi connectivity index (χ3v) is 6.55. The fraction of sp³-hybridized carbons (Fsp3) is 0.583. The van der Waals surface area contributed by atoms with Crippen LogP contribution >= 0.6 is 0 Å². The molecule has 0 spiro atoms. The van der Waals surface area contributed by atoms with Gasteiger partial charge in [-0.1, -0.05) is 49.6 Å². The van der Waals surface area contributed by atoms with E-state index in [-0.39, 0.29) is 5.91 Å². The van der Waals surface area contributed by atoms with E-state index in [1.165, 1.54) is 43.4 Å². The van der Waals surface area contributed by atoms with Gasteiger partial charge in [-0.05, 0) is 50.1 Å². The van der Waals surface area contributed by atoms with Gasteiger partial charge in [0.2, 0.25) is 0 Å². The van der Waals surface area contributed by atoms with Crippen molar-refractivity contribution in [2.24, 2.45) is 5.92 Å². The van der Waals surface area contributed by atoms with Gasteiger partial charge in [0.25, 0.3) is 5.91 Å². The summed E-state index contributed by atoms with van der Waals surface area (Å²) in [6.07, 6.45) is 9.91. The second-order valence-corrected chi connectivity index (χ2v) is 8.97. The van der Waals surface area contributed by atoms with Crippen LogP contribution in [0.15, 0.2) is 30.3 Å². The highest BCUT2D eigenvalue weighted by Gasteiger charge is 2.30. The molecule has 156 valence electrons. The van der Waals surface area contributed by atoms with Crippen LogP contribution in [0.2, 0.25) is 0 Å². The van der Waals surface area contributed by atoms with Crippen LogP contribution in [-0.4, -0.2) is 47.3 Å². The average Bonchev–Trinajstić information content (AvgIpc) is 3.10. The Bertz CT molecular complexity index is 821. The van der Waals surface area contributed by atoms with Crippen LogP contribution in [0, 0.1) is 5.92 Å². The lowest BCUT2D eigenvalue weighted by atomic mass is 9.87. The first-order valence-electron chi connectivity index (χ1n) is 11.2. The minimum Gasteiger partial charge on any atom is -0.343 e. The molecule has 1 saturated carbocycles. The van der Waals surface area contributed by atoms with Crippen molar-refractivity contribution >= 4 is 5.91 Å². The molecule has 1 fully saturated rings. The van der Waals surface area contributed by atoms with Crippen molar-refractivity contribution in [1.82, 2.24) is 20.0 Å². The third kappa shape index (κ3) is 4.72. The summed E-state index contributed by atoms with van der Waals surface area (Å²) in [5.74, 6) is 0.842. The molecule has 1 heterocycles. The van der Waals surface area contributed by atoms with Gasteiger partial charge >= 0.3 is 0 Å². The van der Waals surface area contributed by atoms with Crippen LogP contribution in [0.1, 0.15) is 65.8 Å². The molecule has 2 aliphatic carbocycles. The molecule has 1 atom stereocenters. The summed E-state index contributed by atoms with van der Waals surface area (Å²) >= 11 is 0. The first-order chi connectivity index (χ1) is 14.1. The molecular weight excluding hydrogens is 360 g/mol. The molecule has 1 amide bonds. The summed E-state index contributed by atoms with van der Waals surface area (Å²) in [5, 5.41) is 8.61. The van der Waals surface area contributed by atoms with Crippen LogP contribution in [0.4, 0.5) is 0 Å². The highest BCUT2D eigenvalue weighted by Crippen LogP contribution is 2.28. The molecule has 0 saturated heterocycles. The largest absolute Gasteiger partial charge is 0.343 e. The Hall–Kier alpha value is -2.14. The van der Waals surface area contributed by atoms with Gasteiger partial charge < -0.3 is 10.2 Å². The summed E-state index contributed by atoms with van der Waals surface area (Å²) in [5.41, 5.74) is 4.27. The molecule has 5 nitrogen and oxygen atoms in total. The molecular formula is C24H34N4O. The van der Waals surface area contributed by atoms with Gasteiger partial charge in [-0.2, -0.15) is 5.10 Å². The Morgan fingerprint density at radius 3 is 2.62 bits per heavy atom. The number of benzene rings is 1. The fourth-order valence-electron chi connectivity index (χ4n) is 4.86. The molecule has 0 radical (unpaired) electrons. The van der Waals surface area contributed by atoms with Gasteiger partial charge in [-0.25, -0.2) is 0 Å². The number of carbonyl (C=O) groups excluding carboxylic acids is 1. The van der Waals surface area contributed by atoms with Gasteiger partial charge in [0.1, 0.15) is 0 Å². The van der Waals surface area contributed by atoms with E-state index in [1.807, 2.05) is 20.2 Å². The Morgan fingerprint density at radius 2 is 1.90 bits per heavy atom. The summed E-state index contributed by atoms with van der Waals surface area (Å²) in [6.45, 7) is 1.85. The van der Waals surface area contributed by atoms with Gasteiger partial charge in [0, 0.05) is 31.4 Å². The molecule has 4 rings (SSSR count). The van der Waals surface area contributed by atoms with Crippen molar-refractivity contribution in [3.8, 4) is 0 Å². The van der Waals surface area contributed by atoms with Crippen LogP contribution in [0.3, 0.4) is 0 Å². The summed E-state index contributed by atoms with van der Waals surface area (Å²) < 4.78 is 2.07. The van der Waals surface area contributed by atoms with Gasteiger partial charge in [0.15, 0.2) is 5.69 Å². The number of nitrogens with one attached hydrogen (secondary N) is 1. The predicted molar refractivity (Wildman–Crippen MR) is 116 cm³/mol. The summed E-state index contributed by atoms with van der Waals surface area (Å²) in [6, 6.07) is 10.8. The number of fused-ring (bicyclic) bond motifs is 1. The Kier molecular flexibility index (Phi) is 6.34. The molecule has 1 aromatic heterocycles. The first kappa shape index (κ1) is 20.1. The predicted octanol–water partition coefficient (Wildman–Crippen LogP) is 3.66. The molecule has 0 bridgehead atoms. The molecule has 2 aliphatic rings. The van der Waals surface area contributed by atoms with Crippen molar-refractivity contribution in [3.63, 3.8) is 0 Å². The van der Waals surface area contributed by atoms with Crippen molar-refractivity contribution in [2.75, 3.05) is 20.6 Å². The van der Waals surface area contributed by atoms with E-state index in [1.54, 1.807) is 4.90 Å². The van der Waals surface area contributed by atoms with E-state index >= 15 is 0 Å². The molecule has 29 heavy (non-hydrogen) atoms. The molecule has 0 aliphatic heterocycles. The zero-order valence-corrected chi connectivity index (χ0v) is 17.9. The highest BCUT2D eigenvalue weighted by atomic mass is 16.2. The molecule has 2 aromatic rings. The zero-order chi connectivity index (χ0) is 20.2. The third-order valence-electron chi connectivity index (χ3n) is 6.55.